The molecule has 1 aromatic carbocycles. The second-order valence-corrected chi connectivity index (χ2v) is 4.69. The number of hydrogen-bond donors (Lipinski definition) is 1. The number of aryl methyl sites for hydroxylation is 2. The first-order valence-electron chi connectivity index (χ1n) is 6.51. The van der Waals surface area contributed by atoms with Crippen molar-refractivity contribution in [2.75, 3.05) is 19.5 Å². The molecule has 0 aliphatic rings. The first-order chi connectivity index (χ1) is 9.97. The number of ether oxygens (including phenoxy) is 2. The van der Waals surface area contributed by atoms with Gasteiger partial charge in [0.25, 0.3) is 5.91 Å². The maximum absolute atomic E-state index is 12.4. The standard InChI is InChI=1S/C15H19N3O3/c1-9-14(10(2)18(3)17-9)16-15(19)11-6-7-12(20-4)13(8-11)21-5/h6-8H,1-5H3,(H,16,19). The van der Waals surface area contributed by atoms with Gasteiger partial charge in [-0.2, -0.15) is 5.10 Å². The van der Waals surface area contributed by atoms with Crippen molar-refractivity contribution in [3.05, 3.63) is 35.2 Å². The van der Waals surface area contributed by atoms with Gasteiger partial charge in [0, 0.05) is 12.6 Å². The number of nitrogens with zero attached hydrogens (tertiary/aromatic N) is 2. The van der Waals surface area contributed by atoms with E-state index in [0.29, 0.717) is 17.1 Å². The van der Waals surface area contributed by atoms with E-state index in [9.17, 15) is 4.79 Å². The molecule has 6 heteroatoms. The van der Waals surface area contributed by atoms with Crippen molar-refractivity contribution in [1.29, 1.82) is 0 Å². The molecule has 0 atom stereocenters. The Morgan fingerprint density at radius 3 is 2.38 bits per heavy atom. The minimum atomic E-state index is -0.213. The first kappa shape index (κ1) is 14.9. The number of methoxy groups -OCH3 is 2. The molecule has 0 fully saturated rings. The predicted molar refractivity (Wildman–Crippen MR) is 80.2 cm³/mol. The summed E-state index contributed by atoms with van der Waals surface area (Å²) in [7, 11) is 4.93. The van der Waals surface area contributed by atoms with E-state index in [-0.39, 0.29) is 5.91 Å². The average Bonchev–Trinajstić information content (AvgIpc) is 2.72. The first-order valence-corrected chi connectivity index (χ1v) is 6.51. The van der Waals surface area contributed by atoms with Crippen molar-refractivity contribution in [1.82, 2.24) is 9.78 Å². The molecule has 0 aliphatic heterocycles. The number of carbonyl (C=O) groups is 1. The smallest absolute Gasteiger partial charge is 0.255 e. The molecule has 1 amide bonds. The molecule has 0 saturated heterocycles. The molecule has 21 heavy (non-hydrogen) atoms. The summed E-state index contributed by atoms with van der Waals surface area (Å²) in [6.07, 6.45) is 0. The second kappa shape index (κ2) is 5.87. The van der Waals surface area contributed by atoms with Gasteiger partial charge in [-0.3, -0.25) is 9.48 Å². The minimum absolute atomic E-state index is 0.213. The highest BCUT2D eigenvalue weighted by Crippen LogP contribution is 2.28. The van der Waals surface area contributed by atoms with Gasteiger partial charge in [-0.25, -0.2) is 0 Å². The van der Waals surface area contributed by atoms with E-state index in [4.69, 9.17) is 9.47 Å². The van der Waals surface area contributed by atoms with Crippen LogP contribution in [0.15, 0.2) is 18.2 Å². The molecule has 0 saturated carbocycles. The summed E-state index contributed by atoms with van der Waals surface area (Å²) in [6, 6.07) is 5.05. The fourth-order valence-corrected chi connectivity index (χ4v) is 2.12. The second-order valence-electron chi connectivity index (χ2n) is 4.69. The number of carbonyl (C=O) groups excluding carboxylic acids is 1. The topological polar surface area (TPSA) is 65.4 Å². The zero-order chi connectivity index (χ0) is 15.6. The van der Waals surface area contributed by atoms with Crippen LogP contribution in [0, 0.1) is 13.8 Å². The van der Waals surface area contributed by atoms with Crippen LogP contribution in [-0.2, 0) is 7.05 Å². The van der Waals surface area contributed by atoms with Crippen molar-refractivity contribution in [3.63, 3.8) is 0 Å². The molecule has 0 radical (unpaired) electrons. The van der Waals surface area contributed by atoms with E-state index in [1.165, 1.54) is 7.11 Å². The molecular weight excluding hydrogens is 270 g/mol. The van der Waals surface area contributed by atoms with Crippen LogP contribution in [0.25, 0.3) is 0 Å². The van der Waals surface area contributed by atoms with Crippen LogP contribution in [0.4, 0.5) is 5.69 Å². The number of hydrogen-bond acceptors (Lipinski definition) is 4. The summed E-state index contributed by atoms with van der Waals surface area (Å²) >= 11 is 0. The quantitative estimate of drug-likeness (QED) is 0.938. The molecule has 1 N–H and O–H groups in total. The van der Waals surface area contributed by atoms with Crippen LogP contribution >= 0.6 is 0 Å². The monoisotopic (exact) mass is 289 g/mol. The summed E-state index contributed by atoms with van der Waals surface area (Å²) in [5.41, 5.74) is 2.91. The third-order valence-electron chi connectivity index (χ3n) is 3.39. The zero-order valence-electron chi connectivity index (χ0n) is 12.9. The summed E-state index contributed by atoms with van der Waals surface area (Å²) < 4.78 is 12.1. The maximum Gasteiger partial charge on any atom is 0.255 e. The third-order valence-corrected chi connectivity index (χ3v) is 3.39. The van der Waals surface area contributed by atoms with E-state index in [0.717, 1.165) is 17.1 Å². The van der Waals surface area contributed by atoms with E-state index in [1.807, 2.05) is 20.9 Å². The molecule has 0 unspecified atom stereocenters. The molecular formula is C15H19N3O3. The van der Waals surface area contributed by atoms with Gasteiger partial charge in [0.15, 0.2) is 11.5 Å². The number of amides is 1. The Labute approximate surface area is 123 Å². The SMILES string of the molecule is COc1ccc(C(=O)Nc2c(C)nn(C)c2C)cc1OC. The summed E-state index contributed by atoms with van der Waals surface area (Å²) in [6.45, 7) is 3.77. The van der Waals surface area contributed by atoms with Gasteiger partial charge in [0.2, 0.25) is 0 Å². The Morgan fingerprint density at radius 1 is 1.19 bits per heavy atom. The summed E-state index contributed by atoms with van der Waals surface area (Å²) in [5.74, 6) is 0.891. The lowest BCUT2D eigenvalue weighted by Crippen LogP contribution is -2.13. The predicted octanol–water partition coefficient (Wildman–Crippen LogP) is 2.31. The van der Waals surface area contributed by atoms with E-state index >= 15 is 0 Å². The number of aromatic nitrogens is 2. The van der Waals surface area contributed by atoms with Gasteiger partial charge in [-0.1, -0.05) is 0 Å². The fraction of sp³-hybridized carbons (Fsp3) is 0.333. The van der Waals surface area contributed by atoms with Gasteiger partial charge < -0.3 is 14.8 Å². The Balaban J connectivity index is 2.28. The van der Waals surface area contributed by atoms with Crippen LogP contribution in [0.2, 0.25) is 0 Å². The maximum atomic E-state index is 12.4. The van der Waals surface area contributed by atoms with Gasteiger partial charge in [-0.05, 0) is 32.0 Å². The molecule has 1 aromatic heterocycles. The zero-order valence-corrected chi connectivity index (χ0v) is 12.9. The Morgan fingerprint density at radius 2 is 1.86 bits per heavy atom. The van der Waals surface area contributed by atoms with Gasteiger partial charge in [0.1, 0.15) is 0 Å². The number of rotatable bonds is 4. The van der Waals surface area contributed by atoms with Gasteiger partial charge in [-0.15, -0.1) is 0 Å². The molecule has 0 bridgehead atoms. The van der Waals surface area contributed by atoms with Crippen molar-refractivity contribution >= 4 is 11.6 Å². The minimum Gasteiger partial charge on any atom is -0.493 e. The highest BCUT2D eigenvalue weighted by atomic mass is 16.5. The van der Waals surface area contributed by atoms with E-state index in [1.54, 1.807) is 30.0 Å². The van der Waals surface area contributed by atoms with Crippen molar-refractivity contribution < 1.29 is 14.3 Å². The van der Waals surface area contributed by atoms with Crippen LogP contribution in [0.5, 0.6) is 11.5 Å². The third kappa shape index (κ3) is 2.84. The molecule has 1 heterocycles. The average molecular weight is 289 g/mol. The normalized spacial score (nSPS) is 10.3. The molecule has 2 aromatic rings. The van der Waals surface area contributed by atoms with Crippen LogP contribution in [0.3, 0.4) is 0 Å². The summed E-state index contributed by atoms with van der Waals surface area (Å²) in [4.78, 5) is 12.4. The molecule has 0 aliphatic carbocycles. The van der Waals surface area contributed by atoms with E-state index < -0.39 is 0 Å². The highest BCUT2D eigenvalue weighted by molar-refractivity contribution is 6.05. The fourth-order valence-electron chi connectivity index (χ4n) is 2.12. The van der Waals surface area contributed by atoms with Crippen LogP contribution in [-0.4, -0.2) is 29.9 Å². The summed E-state index contributed by atoms with van der Waals surface area (Å²) in [5, 5.41) is 7.16. The Kier molecular flexibility index (Phi) is 4.16. The number of nitrogens with one attached hydrogen (secondary N) is 1. The van der Waals surface area contributed by atoms with Gasteiger partial charge >= 0.3 is 0 Å². The molecule has 2 rings (SSSR count). The lowest BCUT2D eigenvalue weighted by molar-refractivity contribution is 0.102. The van der Waals surface area contributed by atoms with E-state index in [2.05, 4.69) is 10.4 Å². The lowest BCUT2D eigenvalue weighted by Gasteiger charge is -2.10. The number of anilines is 1. The number of benzene rings is 1. The molecule has 0 spiro atoms. The molecule has 112 valence electrons. The van der Waals surface area contributed by atoms with Crippen molar-refractivity contribution in [2.45, 2.75) is 13.8 Å². The van der Waals surface area contributed by atoms with Crippen LogP contribution in [0.1, 0.15) is 21.7 Å². The van der Waals surface area contributed by atoms with Crippen molar-refractivity contribution in [3.8, 4) is 11.5 Å². The van der Waals surface area contributed by atoms with Crippen molar-refractivity contribution in [2.24, 2.45) is 7.05 Å². The van der Waals surface area contributed by atoms with Crippen LogP contribution < -0.4 is 14.8 Å². The largest absolute Gasteiger partial charge is 0.493 e. The Bertz CT molecular complexity index is 677. The Hall–Kier alpha value is -2.50. The highest BCUT2D eigenvalue weighted by Gasteiger charge is 2.15. The molecule has 6 nitrogen and oxygen atoms in total. The lowest BCUT2D eigenvalue weighted by atomic mass is 10.1. The van der Waals surface area contributed by atoms with Gasteiger partial charge in [0.05, 0.1) is 31.3 Å².